The summed E-state index contributed by atoms with van der Waals surface area (Å²) in [5.74, 6) is 0.318. The van der Waals surface area contributed by atoms with E-state index in [0.717, 1.165) is 26.2 Å². The van der Waals surface area contributed by atoms with E-state index in [9.17, 15) is 5.11 Å². The monoisotopic (exact) mass is 254 g/mol. The maximum Gasteiger partial charge on any atom is 0.0802 e. The first-order chi connectivity index (χ1) is 8.29. The summed E-state index contributed by atoms with van der Waals surface area (Å²) < 4.78 is 0. The van der Waals surface area contributed by atoms with Crippen LogP contribution in [0.1, 0.15) is 0 Å². The second-order valence-corrected chi connectivity index (χ2v) is 4.74. The lowest BCUT2D eigenvalue weighted by Gasteiger charge is -2.36. The van der Waals surface area contributed by atoms with E-state index < -0.39 is 6.10 Å². The van der Waals surface area contributed by atoms with E-state index in [-0.39, 0.29) is 0 Å². The predicted octanol–water partition coefficient (Wildman–Crippen LogP) is 1.41. The molecule has 0 amide bonds. The average Bonchev–Trinajstić information content (AvgIpc) is 2.40. The molecule has 0 aromatic heterocycles. The Kier molecular flexibility index (Phi) is 4.66. The van der Waals surface area contributed by atoms with Crippen LogP contribution >= 0.6 is 11.6 Å². The third-order valence-electron chi connectivity index (χ3n) is 3.14. The van der Waals surface area contributed by atoms with Gasteiger partial charge >= 0.3 is 0 Å². The number of anilines is 1. The molecule has 2 rings (SSSR count). The lowest BCUT2D eigenvalue weighted by atomic mass is 10.2. The van der Waals surface area contributed by atoms with Crippen LogP contribution in [0.3, 0.4) is 0 Å². The number of halogens is 1. The summed E-state index contributed by atoms with van der Waals surface area (Å²) in [5, 5.41) is 9.51. The minimum absolute atomic E-state index is 0.318. The van der Waals surface area contributed by atoms with Gasteiger partial charge in [0.25, 0.3) is 0 Å². The third kappa shape index (κ3) is 3.60. The number of β-amino-alcohol motifs (C(OH)–C–C–N with tert-alkyl or cyclic N) is 1. The summed E-state index contributed by atoms with van der Waals surface area (Å²) in [7, 11) is 0. The Labute approximate surface area is 108 Å². The summed E-state index contributed by atoms with van der Waals surface area (Å²) in [4.78, 5) is 4.65. The molecule has 0 saturated carbocycles. The highest BCUT2D eigenvalue weighted by Gasteiger charge is 2.18. The normalized spacial score (nSPS) is 19.3. The van der Waals surface area contributed by atoms with E-state index in [1.165, 1.54) is 5.69 Å². The lowest BCUT2D eigenvalue weighted by Crippen LogP contribution is -2.48. The quantitative estimate of drug-likeness (QED) is 0.823. The Morgan fingerprint density at radius 2 is 1.76 bits per heavy atom. The molecule has 94 valence electrons. The van der Waals surface area contributed by atoms with Crippen LogP contribution in [0.15, 0.2) is 30.3 Å². The maximum absolute atomic E-state index is 9.51. The summed E-state index contributed by atoms with van der Waals surface area (Å²) in [6.45, 7) is 4.69. The highest BCUT2D eigenvalue weighted by Crippen LogP contribution is 2.15. The zero-order chi connectivity index (χ0) is 12.1. The number of piperazine rings is 1. The van der Waals surface area contributed by atoms with Gasteiger partial charge in [-0.1, -0.05) is 18.2 Å². The number of benzene rings is 1. The van der Waals surface area contributed by atoms with Crippen molar-refractivity contribution in [3.8, 4) is 0 Å². The number of hydrogen-bond acceptors (Lipinski definition) is 3. The van der Waals surface area contributed by atoms with Crippen molar-refractivity contribution >= 4 is 17.3 Å². The minimum Gasteiger partial charge on any atom is -0.391 e. The number of hydrogen-bond donors (Lipinski definition) is 1. The summed E-state index contributed by atoms with van der Waals surface area (Å²) in [5.41, 5.74) is 1.28. The molecule has 1 atom stereocenters. The second kappa shape index (κ2) is 6.24. The fourth-order valence-corrected chi connectivity index (χ4v) is 2.27. The molecule has 1 aromatic rings. The van der Waals surface area contributed by atoms with Crippen LogP contribution < -0.4 is 4.90 Å². The molecule has 1 saturated heterocycles. The molecule has 1 N–H and O–H groups in total. The van der Waals surface area contributed by atoms with E-state index in [0.29, 0.717) is 12.4 Å². The standard InChI is InChI=1S/C13H19ClN2O/c14-10-13(17)11-15-6-8-16(9-7-15)12-4-2-1-3-5-12/h1-5,13,17H,6-11H2. The van der Waals surface area contributed by atoms with Crippen LogP contribution in [0.4, 0.5) is 5.69 Å². The highest BCUT2D eigenvalue weighted by atomic mass is 35.5. The molecule has 1 aliphatic heterocycles. The van der Waals surface area contributed by atoms with E-state index in [1.54, 1.807) is 0 Å². The van der Waals surface area contributed by atoms with Gasteiger partial charge < -0.3 is 10.0 Å². The summed E-state index contributed by atoms with van der Waals surface area (Å²) >= 11 is 5.61. The van der Waals surface area contributed by atoms with Gasteiger partial charge in [0.15, 0.2) is 0 Å². The van der Waals surface area contributed by atoms with Crippen molar-refractivity contribution < 1.29 is 5.11 Å². The van der Waals surface area contributed by atoms with Crippen molar-refractivity contribution in [2.24, 2.45) is 0 Å². The third-order valence-corrected chi connectivity index (χ3v) is 3.50. The molecule has 3 nitrogen and oxygen atoms in total. The van der Waals surface area contributed by atoms with Crippen LogP contribution in [-0.4, -0.2) is 54.7 Å². The van der Waals surface area contributed by atoms with Gasteiger partial charge in [-0.15, -0.1) is 11.6 Å². The summed E-state index contributed by atoms with van der Waals surface area (Å²) in [6, 6.07) is 10.5. The molecule has 4 heteroatoms. The molecular weight excluding hydrogens is 236 g/mol. The van der Waals surface area contributed by atoms with Crippen LogP contribution in [0.5, 0.6) is 0 Å². The lowest BCUT2D eigenvalue weighted by molar-refractivity contribution is 0.125. The van der Waals surface area contributed by atoms with Gasteiger partial charge in [0.1, 0.15) is 0 Å². The van der Waals surface area contributed by atoms with Crippen LogP contribution in [-0.2, 0) is 0 Å². The van der Waals surface area contributed by atoms with E-state index >= 15 is 0 Å². The SMILES string of the molecule is OC(CCl)CN1CCN(c2ccccc2)CC1. The topological polar surface area (TPSA) is 26.7 Å². The Bertz CT molecular complexity index is 325. The van der Waals surface area contributed by atoms with E-state index in [2.05, 4.69) is 34.1 Å². The van der Waals surface area contributed by atoms with Gasteiger partial charge in [-0.3, -0.25) is 4.90 Å². The van der Waals surface area contributed by atoms with Gasteiger partial charge in [0.05, 0.1) is 6.10 Å². The van der Waals surface area contributed by atoms with Gasteiger partial charge in [-0.05, 0) is 12.1 Å². The van der Waals surface area contributed by atoms with E-state index in [4.69, 9.17) is 11.6 Å². The van der Waals surface area contributed by atoms with Gasteiger partial charge in [-0.25, -0.2) is 0 Å². The molecular formula is C13H19ClN2O. The minimum atomic E-state index is -0.403. The van der Waals surface area contributed by atoms with Crippen LogP contribution in [0.2, 0.25) is 0 Å². The van der Waals surface area contributed by atoms with Crippen molar-refractivity contribution in [1.29, 1.82) is 0 Å². The van der Waals surface area contributed by atoms with Gasteiger partial charge in [0, 0.05) is 44.3 Å². The number of aliphatic hydroxyl groups is 1. The number of para-hydroxylation sites is 1. The molecule has 0 bridgehead atoms. The highest BCUT2D eigenvalue weighted by molar-refractivity contribution is 6.18. The predicted molar refractivity (Wildman–Crippen MR) is 71.8 cm³/mol. The van der Waals surface area contributed by atoms with Gasteiger partial charge in [-0.2, -0.15) is 0 Å². The molecule has 1 unspecified atom stereocenters. The molecule has 1 heterocycles. The first-order valence-corrected chi connectivity index (χ1v) is 6.59. The molecule has 1 aliphatic rings. The van der Waals surface area contributed by atoms with Crippen LogP contribution in [0.25, 0.3) is 0 Å². The number of nitrogens with zero attached hydrogens (tertiary/aromatic N) is 2. The molecule has 17 heavy (non-hydrogen) atoms. The number of rotatable bonds is 4. The second-order valence-electron chi connectivity index (χ2n) is 4.43. The molecule has 1 fully saturated rings. The smallest absolute Gasteiger partial charge is 0.0802 e. The zero-order valence-electron chi connectivity index (χ0n) is 9.93. The van der Waals surface area contributed by atoms with E-state index in [1.807, 2.05) is 6.07 Å². The first-order valence-electron chi connectivity index (χ1n) is 6.06. The number of alkyl halides is 1. The van der Waals surface area contributed by atoms with Crippen molar-refractivity contribution in [3.05, 3.63) is 30.3 Å². The fraction of sp³-hybridized carbons (Fsp3) is 0.538. The number of aliphatic hydroxyl groups excluding tert-OH is 1. The van der Waals surface area contributed by atoms with Crippen molar-refractivity contribution in [2.45, 2.75) is 6.10 Å². The fourth-order valence-electron chi connectivity index (χ4n) is 2.17. The van der Waals surface area contributed by atoms with Crippen molar-refractivity contribution in [3.63, 3.8) is 0 Å². The Balaban J connectivity index is 1.82. The average molecular weight is 255 g/mol. The largest absolute Gasteiger partial charge is 0.391 e. The van der Waals surface area contributed by atoms with Crippen molar-refractivity contribution in [2.75, 3.05) is 43.5 Å². The van der Waals surface area contributed by atoms with Crippen LogP contribution in [0, 0.1) is 0 Å². The molecule has 0 radical (unpaired) electrons. The Hall–Kier alpha value is -0.770. The zero-order valence-corrected chi connectivity index (χ0v) is 10.7. The van der Waals surface area contributed by atoms with Gasteiger partial charge in [0.2, 0.25) is 0 Å². The first kappa shape index (κ1) is 12.7. The Morgan fingerprint density at radius 1 is 1.12 bits per heavy atom. The maximum atomic E-state index is 9.51. The molecule has 0 aliphatic carbocycles. The summed E-state index contributed by atoms with van der Waals surface area (Å²) in [6.07, 6.45) is -0.403. The Morgan fingerprint density at radius 3 is 2.35 bits per heavy atom. The molecule has 0 spiro atoms. The molecule has 1 aromatic carbocycles. The van der Waals surface area contributed by atoms with Crippen molar-refractivity contribution in [1.82, 2.24) is 4.90 Å².